The van der Waals surface area contributed by atoms with Gasteiger partial charge in [0.1, 0.15) is 5.82 Å². The third kappa shape index (κ3) is 5.28. The number of benzene rings is 1. The molecule has 9 heteroatoms. The SMILES string of the molecule is CN(C(N)=NCCN(C)S(=O)(=O)c1ccc(F)cc1)C1CC1.I. The number of hydrogen-bond donors (Lipinski definition) is 1. The lowest BCUT2D eigenvalue weighted by molar-refractivity contribution is 0.467. The van der Waals surface area contributed by atoms with Gasteiger partial charge in [-0.25, -0.2) is 12.8 Å². The van der Waals surface area contributed by atoms with Crippen molar-refractivity contribution in [2.75, 3.05) is 27.2 Å². The Balaban J connectivity index is 0.00000264. The average molecular weight is 456 g/mol. The van der Waals surface area contributed by atoms with Crippen LogP contribution in [0.5, 0.6) is 0 Å². The fraction of sp³-hybridized carbons (Fsp3) is 0.500. The van der Waals surface area contributed by atoms with Crippen LogP contribution in [-0.2, 0) is 10.0 Å². The zero-order valence-electron chi connectivity index (χ0n) is 13.1. The molecule has 0 spiro atoms. The Kier molecular flexibility index (Phi) is 7.21. The second kappa shape index (κ2) is 8.25. The minimum Gasteiger partial charge on any atom is -0.370 e. The topological polar surface area (TPSA) is 79.0 Å². The molecule has 0 radical (unpaired) electrons. The summed E-state index contributed by atoms with van der Waals surface area (Å²) in [6, 6.07) is 5.21. The lowest BCUT2D eigenvalue weighted by atomic mass is 10.4. The van der Waals surface area contributed by atoms with E-state index >= 15 is 0 Å². The summed E-state index contributed by atoms with van der Waals surface area (Å²) in [5, 5.41) is 0. The van der Waals surface area contributed by atoms with Gasteiger partial charge in [0.05, 0.1) is 11.4 Å². The van der Waals surface area contributed by atoms with Crippen LogP contribution in [0.25, 0.3) is 0 Å². The highest BCUT2D eigenvalue weighted by molar-refractivity contribution is 14.0. The molecule has 1 aliphatic rings. The molecule has 0 amide bonds. The predicted octanol–water partition coefficient (Wildman–Crippen LogP) is 1.47. The normalized spacial score (nSPS) is 15.4. The van der Waals surface area contributed by atoms with Crippen molar-refractivity contribution in [1.82, 2.24) is 9.21 Å². The van der Waals surface area contributed by atoms with Gasteiger partial charge in [0.15, 0.2) is 5.96 Å². The standard InChI is InChI=1S/C14H21FN4O2S.HI/c1-18(10-9-17-14(16)19(2)12-5-6-12)22(20,21)13-7-3-11(15)4-8-13;/h3-4,7-8,12H,5-6,9-10H2,1-2H3,(H2,16,17);1H. The Bertz CT molecular complexity index is 647. The van der Waals surface area contributed by atoms with Crippen molar-refractivity contribution in [2.45, 2.75) is 23.8 Å². The van der Waals surface area contributed by atoms with E-state index in [-0.39, 0.29) is 42.0 Å². The summed E-state index contributed by atoms with van der Waals surface area (Å²) < 4.78 is 38.6. The monoisotopic (exact) mass is 456 g/mol. The molecule has 0 unspecified atom stereocenters. The van der Waals surface area contributed by atoms with Gasteiger partial charge in [0.2, 0.25) is 10.0 Å². The quantitative estimate of drug-likeness (QED) is 0.400. The van der Waals surface area contributed by atoms with Crippen LogP contribution in [0.1, 0.15) is 12.8 Å². The summed E-state index contributed by atoms with van der Waals surface area (Å²) in [6.45, 7) is 0.485. The van der Waals surface area contributed by atoms with E-state index in [1.807, 2.05) is 11.9 Å². The van der Waals surface area contributed by atoms with Crippen LogP contribution in [0.3, 0.4) is 0 Å². The third-order valence-electron chi connectivity index (χ3n) is 3.67. The molecule has 0 bridgehead atoms. The predicted molar refractivity (Wildman–Crippen MR) is 98.9 cm³/mol. The number of nitrogens with zero attached hydrogens (tertiary/aromatic N) is 3. The van der Waals surface area contributed by atoms with E-state index in [1.165, 1.54) is 23.5 Å². The molecular weight excluding hydrogens is 434 g/mol. The number of aliphatic imine (C=N–C) groups is 1. The van der Waals surface area contributed by atoms with E-state index in [0.29, 0.717) is 12.0 Å². The second-order valence-corrected chi connectivity index (χ2v) is 7.41. The number of nitrogens with two attached hydrogens (primary N) is 1. The first kappa shape index (κ1) is 20.1. The summed E-state index contributed by atoms with van der Waals surface area (Å²) >= 11 is 0. The smallest absolute Gasteiger partial charge is 0.242 e. The van der Waals surface area contributed by atoms with Gasteiger partial charge in [0.25, 0.3) is 0 Å². The maximum atomic E-state index is 12.9. The summed E-state index contributed by atoms with van der Waals surface area (Å²) in [4.78, 5) is 6.17. The van der Waals surface area contributed by atoms with E-state index in [0.717, 1.165) is 25.0 Å². The van der Waals surface area contributed by atoms with E-state index < -0.39 is 15.8 Å². The fourth-order valence-electron chi connectivity index (χ4n) is 1.97. The van der Waals surface area contributed by atoms with Crippen molar-refractivity contribution in [3.05, 3.63) is 30.1 Å². The van der Waals surface area contributed by atoms with Gasteiger partial charge in [-0.05, 0) is 37.1 Å². The van der Waals surface area contributed by atoms with Gasteiger partial charge in [-0.15, -0.1) is 24.0 Å². The van der Waals surface area contributed by atoms with Crippen LogP contribution in [0.2, 0.25) is 0 Å². The number of sulfonamides is 1. The minimum absolute atomic E-state index is 0. The van der Waals surface area contributed by atoms with Crippen molar-refractivity contribution >= 4 is 40.0 Å². The van der Waals surface area contributed by atoms with Crippen molar-refractivity contribution in [3.63, 3.8) is 0 Å². The van der Waals surface area contributed by atoms with Gasteiger partial charge in [-0.1, -0.05) is 0 Å². The maximum Gasteiger partial charge on any atom is 0.242 e. The summed E-state index contributed by atoms with van der Waals surface area (Å²) in [6.07, 6.45) is 2.23. The molecule has 1 fully saturated rings. The van der Waals surface area contributed by atoms with Crippen LogP contribution in [0.4, 0.5) is 4.39 Å². The number of hydrogen-bond acceptors (Lipinski definition) is 3. The van der Waals surface area contributed by atoms with Crippen molar-refractivity contribution in [2.24, 2.45) is 10.7 Å². The molecule has 1 aromatic carbocycles. The Morgan fingerprint density at radius 2 is 1.87 bits per heavy atom. The van der Waals surface area contributed by atoms with Crippen LogP contribution < -0.4 is 5.73 Å². The zero-order valence-corrected chi connectivity index (χ0v) is 16.3. The lowest BCUT2D eigenvalue weighted by Gasteiger charge is -2.19. The van der Waals surface area contributed by atoms with E-state index in [1.54, 1.807) is 0 Å². The van der Waals surface area contributed by atoms with E-state index in [4.69, 9.17) is 5.73 Å². The average Bonchev–Trinajstić information content (AvgIpc) is 3.31. The lowest BCUT2D eigenvalue weighted by Crippen LogP contribution is -2.36. The molecule has 2 N–H and O–H groups in total. The first-order valence-electron chi connectivity index (χ1n) is 7.07. The number of likely N-dealkylation sites (N-methyl/N-ethyl adjacent to an activating group) is 1. The fourth-order valence-corrected chi connectivity index (χ4v) is 3.13. The maximum absolute atomic E-state index is 12.9. The van der Waals surface area contributed by atoms with E-state index in [2.05, 4.69) is 4.99 Å². The first-order chi connectivity index (χ1) is 10.3. The molecule has 130 valence electrons. The highest BCUT2D eigenvalue weighted by Crippen LogP contribution is 2.24. The molecule has 1 aliphatic carbocycles. The van der Waals surface area contributed by atoms with Gasteiger partial charge in [-0.2, -0.15) is 4.31 Å². The molecule has 2 rings (SSSR count). The number of halogens is 2. The Hall–Kier alpha value is -0.940. The van der Waals surface area contributed by atoms with Crippen molar-refractivity contribution < 1.29 is 12.8 Å². The molecule has 0 aliphatic heterocycles. The Morgan fingerprint density at radius 3 is 2.39 bits per heavy atom. The minimum atomic E-state index is -3.63. The van der Waals surface area contributed by atoms with Crippen LogP contribution in [-0.4, -0.2) is 56.8 Å². The molecule has 0 aromatic heterocycles. The van der Waals surface area contributed by atoms with Crippen LogP contribution >= 0.6 is 24.0 Å². The highest BCUT2D eigenvalue weighted by atomic mass is 127. The molecule has 1 aromatic rings. The van der Waals surface area contributed by atoms with Gasteiger partial charge in [-0.3, -0.25) is 4.99 Å². The highest BCUT2D eigenvalue weighted by Gasteiger charge is 2.27. The molecule has 23 heavy (non-hydrogen) atoms. The summed E-state index contributed by atoms with van der Waals surface area (Å²) in [7, 11) is -0.283. The third-order valence-corrected chi connectivity index (χ3v) is 5.54. The Morgan fingerprint density at radius 1 is 1.30 bits per heavy atom. The summed E-state index contributed by atoms with van der Waals surface area (Å²) in [5.74, 6) is -0.0443. The second-order valence-electron chi connectivity index (χ2n) is 5.36. The van der Waals surface area contributed by atoms with Crippen LogP contribution in [0, 0.1) is 5.82 Å². The molecule has 0 heterocycles. The van der Waals surface area contributed by atoms with Crippen molar-refractivity contribution in [1.29, 1.82) is 0 Å². The first-order valence-corrected chi connectivity index (χ1v) is 8.51. The largest absolute Gasteiger partial charge is 0.370 e. The van der Waals surface area contributed by atoms with Crippen LogP contribution in [0.15, 0.2) is 34.2 Å². The molecule has 1 saturated carbocycles. The molecule has 0 atom stereocenters. The van der Waals surface area contributed by atoms with Crippen molar-refractivity contribution in [3.8, 4) is 0 Å². The van der Waals surface area contributed by atoms with Gasteiger partial charge < -0.3 is 10.6 Å². The number of rotatable bonds is 6. The molecular formula is C14H22FIN4O2S. The van der Waals surface area contributed by atoms with E-state index in [9.17, 15) is 12.8 Å². The van der Waals surface area contributed by atoms with Gasteiger partial charge >= 0.3 is 0 Å². The molecule has 0 saturated heterocycles. The molecule has 6 nitrogen and oxygen atoms in total. The number of guanidine groups is 1. The Labute approximate surface area is 153 Å². The van der Waals surface area contributed by atoms with Gasteiger partial charge in [0, 0.05) is 26.7 Å². The zero-order chi connectivity index (χ0) is 16.3. The summed E-state index contributed by atoms with van der Waals surface area (Å²) in [5.41, 5.74) is 5.85.